The van der Waals surface area contributed by atoms with Crippen LogP contribution in [-0.4, -0.2) is 49.6 Å². The van der Waals surface area contributed by atoms with Gasteiger partial charge in [0.2, 0.25) is 0 Å². The zero-order valence-electron chi connectivity index (χ0n) is 17.6. The molecule has 0 bridgehead atoms. The van der Waals surface area contributed by atoms with E-state index in [2.05, 4.69) is 10.6 Å². The lowest BCUT2D eigenvalue weighted by atomic mass is 9.97. The van der Waals surface area contributed by atoms with Crippen molar-refractivity contribution >= 4 is 11.6 Å². The fraction of sp³-hybridized carbons (Fsp3) is 0.458. The molecule has 2 aromatic rings. The van der Waals surface area contributed by atoms with Crippen molar-refractivity contribution in [2.24, 2.45) is 5.92 Å². The number of nitrogens with one attached hydrogen (secondary N) is 2. The van der Waals surface area contributed by atoms with Gasteiger partial charge in [-0.25, -0.2) is 0 Å². The van der Waals surface area contributed by atoms with Crippen LogP contribution in [0.5, 0.6) is 5.75 Å². The van der Waals surface area contributed by atoms with Crippen molar-refractivity contribution in [3.63, 3.8) is 0 Å². The van der Waals surface area contributed by atoms with E-state index in [0.29, 0.717) is 5.92 Å². The van der Waals surface area contributed by atoms with Crippen LogP contribution in [0.25, 0.3) is 0 Å². The van der Waals surface area contributed by atoms with Crippen LogP contribution in [0, 0.1) is 5.92 Å². The van der Waals surface area contributed by atoms with Crippen molar-refractivity contribution in [3.8, 4) is 5.75 Å². The molecule has 1 aliphatic rings. The minimum absolute atomic E-state index is 0.152. The van der Waals surface area contributed by atoms with Crippen molar-refractivity contribution in [3.05, 3.63) is 60.2 Å². The van der Waals surface area contributed by atoms with Crippen LogP contribution in [0.2, 0.25) is 0 Å². The molecule has 29 heavy (non-hydrogen) atoms. The van der Waals surface area contributed by atoms with Crippen molar-refractivity contribution in [2.45, 2.75) is 32.8 Å². The maximum absolute atomic E-state index is 12.7. The molecule has 156 valence electrons. The van der Waals surface area contributed by atoms with Gasteiger partial charge in [-0.15, -0.1) is 0 Å². The van der Waals surface area contributed by atoms with Gasteiger partial charge in [-0.3, -0.25) is 4.79 Å². The highest BCUT2D eigenvalue weighted by Crippen LogP contribution is 2.24. The van der Waals surface area contributed by atoms with Gasteiger partial charge in [0.25, 0.3) is 5.91 Å². The summed E-state index contributed by atoms with van der Waals surface area (Å²) in [4.78, 5) is 14.7. The summed E-state index contributed by atoms with van der Waals surface area (Å²) < 4.78 is 5.85. The first kappa shape index (κ1) is 21.2. The summed E-state index contributed by atoms with van der Waals surface area (Å²) in [5, 5.41) is 7.00. The second-order valence-corrected chi connectivity index (χ2v) is 7.92. The van der Waals surface area contributed by atoms with Gasteiger partial charge < -0.3 is 20.3 Å². The minimum atomic E-state index is 0.152. The molecule has 2 aromatic carbocycles. The van der Waals surface area contributed by atoms with Crippen LogP contribution in [0.3, 0.4) is 0 Å². The van der Waals surface area contributed by atoms with Crippen molar-refractivity contribution in [1.29, 1.82) is 0 Å². The largest absolute Gasteiger partial charge is 0.489 e. The van der Waals surface area contributed by atoms with Crippen molar-refractivity contribution < 1.29 is 9.53 Å². The average molecular weight is 396 g/mol. The van der Waals surface area contributed by atoms with E-state index in [-0.39, 0.29) is 12.0 Å². The zero-order valence-corrected chi connectivity index (χ0v) is 17.6. The van der Waals surface area contributed by atoms with E-state index in [1.165, 1.54) is 6.42 Å². The third kappa shape index (κ3) is 6.50. The number of likely N-dealkylation sites (tertiary alicyclic amines) is 1. The lowest BCUT2D eigenvalue weighted by molar-refractivity contribution is 0.0673. The van der Waals surface area contributed by atoms with Gasteiger partial charge in [-0.1, -0.05) is 30.3 Å². The molecule has 1 atom stereocenters. The van der Waals surface area contributed by atoms with E-state index in [1.807, 2.05) is 73.3 Å². The summed E-state index contributed by atoms with van der Waals surface area (Å²) >= 11 is 0. The summed E-state index contributed by atoms with van der Waals surface area (Å²) in [5.74, 6) is 1.55. The molecular formula is C24H33N3O2. The van der Waals surface area contributed by atoms with Gasteiger partial charge in [0.05, 0.1) is 11.8 Å². The Hall–Kier alpha value is -2.53. The topological polar surface area (TPSA) is 53.6 Å². The van der Waals surface area contributed by atoms with Gasteiger partial charge in [0, 0.05) is 31.7 Å². The van der Waals surface area contributed by atoms with Crippen LogP contribution in [0.15, 0.2) is 54.6 Å². The first-order valence-corrected chi connectivity index (χ1v) is 10.7. The molecule has 0 saturated carbocycles. The summed E-state index contributed by atoms with van der Waals surface area (Å²) in [6.45, 7) is 8.40. The van der Waals surface area contributed by atoms with Crippen LogP contribution in [0.1, 0.15) is 37.0 Å². The maximum atomic E-state index is 12.7. The van der Waals surface area contributed by atoms with E-state index in [0.717, 1.165) is 56.1 Å². The summed E-state index contributed by atoms with van der Waals surface area (Å²) in [7, 11) is 0. The van der Waals surface area contributed by atoms with Gasteiger partial charge in [0.1, 0.15) is 5.75 Å². The Morgan fingerprint density at radius 1 is 1.10 bits per heavy atom. The molecule has 0 aliphatic carbocycles. The maximum Gasteiger partial charge on any atom is 0.253 e. The van der Waals surface area contributed by atoms with Crippen LogP contribution in [0.4, 0.5) is 5.69 Å². The number of benzene rings is 2. The summed E-state index contributed by atoms with van der Waals surface area (Å²) in [6.07, 6.45) is 2.40. The summed E-state index contributed by atoms with van der Waals surface area (Å²) in [5.41, 5.74) is 1.81. The Morgan fingerprint density at radius 2 is 1.86 bits per heavy atom. The number of hydrogen-bond acceptors (Lipinski definition) is 4. The number of ether oxygens (including phenoxy) is 1. The minimum Gasteiger partial charge on any atom is -0.489 e. The Morgan fingerprint density at radius 3 is 2.66 bits per heavy atom. The molecule has 5 nitrogen and oxygen atoms in total. The second kappa shape index (κ2) is 10.9. The average Bonchev–Trinajstić information content (AvgIpc) is 2.74. The fourth-order valence-corrected chi connectivity index (χ4v) is 3.74. The third-order valence-electron chi connectivity index (χ3n) is 5.13. The van der Waals surface area contributed by atoms with Gasteiger partial charge in [0.15, 0.2) is 0 Å². The zero-order chi connectivity index (χ0) is 20.5. The molecule has 1 saturated heterocycles. The van der Waals surface area contributed by atoms with Gasteiger partial charge >= 0.3 is 0 Å². The molecule has 2 N–H and O–H groups in total. The molecule has 0 radical (unpaired) electrons. The number of carbonyl (C=O) groups is 1. The Bertz CT molecular complexity index is 764. The standard InChI is InChI=1S/C24H33N3O2/c1-19(2)29-23-13-7-6-12-22(23)26-15-14-25-17-20-9-8-16-27(18-20)24(28)21-10-4-3-5-11-21/h3-7,10-13,19-20,25-26H,8-9,14-18H2,1-2H3. The van der Waals surface area contributed by atoms with Crippen LogP contribution < -0.4 is 15.4 Å². The summed E-state index contributed by atoms with van der Waals surface area (Å²) in [6, 6.07) is 17.6. The molecule has 1 aliphatic heterocycles. The van der Waals surface area contributed by atoms with Crippen molar-refractivity contribution in [1.82, 2.24) is 10.2 Å². The highest BCUT2D eigenvalue weighted by atomic mass is 16.5. The quantitative estimate of drug-likeness (QED) is 0.630. The lowest BCUT2D eigenvalue weighted by Gasteiger charge is -2.33. The number of hydrogen-bond donors (Lipinski definition) is 2. The number of piperidine rings is 1. The predicted octanol–water partition coefficient (Wildman–Crippen LogP) is 4.03. The van der Waals surface area contributed by atoms with Gasteiger partial charge in [-0.2, -0.15) is 0 Å². The molecule has 1 amide bonds. The van der Waals surface area contributed by atoms with Crippen LogP contribution in [-0.2, 0) is 0 Å². The Labute approximate surface area is 174 Å². The second-order valence-electron chi connectivity index (χ2n) is 7.92. The smallest absolute Gasteiger partial charge is 0.253 e. The molecule has 1 fully saturated rings. The van der Waals surface area contributed by atoms with E-state index in [1.54, 1.807) is 0 Å². The van der Waals surface area contributed by atoms with Gasteiger partial charge in [-0.05, 0) is 63.4 Å². The highest BCUT2D eigenvalue weighted by molar-refractivity contribution is 5.94. The Kier molecular flexibility index (Phi) is 7.94. The fourth-order valence-electron chi connectivity index (χ4n) is 3.74. The predicted molar refractivity (Wildman–Crippen MR) is 119 cm³/mol. The third-order valence-corrected chi connectivity index (χ3v) is 5.13. The van der Waals surface area contributed by atoms with Crippen LogP contribution >= 0.6 is 0 Å². The number of rotatable bonds is 9. The lowest BCUT2D eigenvalue weighted by Crippen LogP contribution is -2.43. The van der Waals surface area contributed by atoms with Crippen molar-refractivity contribution in [2.75, 3.05) is 38.0 Å². The number of anilines is 1. The Balaban J connectivity index is 1.39. The highest BCUT2D eigenvalue weighted by Gasteiger charge is 2.24. The number of para-hydroxylation sites is 2. The SMILES string of the molecule is CC(C)Oc1ccccc1NCCNCC1CCCN(C(=O)c2ccccc2)C1. The molecular weight excluding hydrogens is 362 g/mol. The molecule has 1 unspecified atom stereocenters. The molecule has 0 aromatic heterocycles. The number of nitrogens with zero attached hydrogens (tertiary/aromatic N) is 1. The number of carbonyl (C=O) groups excluding carboxylic acids is 1. The van der Waals surface area contributed by atoms with E-state index in [9.17, 15) is 4.79 Å². The molecule has 5 heteroatoms. The first-order chi connectivity index (χ1) is 14.1. The molecule has 1 heterocycles. The molecule has 3 rings (SSSR count). The normalized spacial score (nSPS) is 16.7. The van der Waals surface area contributed by atoms with E-state index in [4.69, 9.17) is 4.74 Å². The monoisotopic (exact) mass is 395 g/mol. The number of amides is 1. The van der Waals surface area contributed by atoms with E-state index < -0.39 is 0 Å². The molecule has 0 spiro atoms. The van der Waals surface area contributed by atoms with E-state index >= 15 is 0 Å². The first-order valence-electron chi connectivity index (χ1n) is 10.7.